The highest BCUT2D eigenvalue weighted by atomic mass is 19.4. The number of benzene rings is 1. The van der Waals surface area contributed by atoms with Crippen molar-refractivity contribution in [3.05, 3.63) is 47.8 Å². The molecule has 8 heteroatoms. The third-order valence-corrected chi connectivity index (χ3v) is 3.74. The molecule has 2 heterocycles. The maximum Gasteiger partial charge on any atom is 0.433 e. The van der Waals surface area contributed by atoms with Gasteiger partial charge >= 0.3 is 6.18 Å². The number of fused-ring (bicyclic) bond motifs is 1. The number of alkyl halides is 3. The summed E-state index contributed by atoms with van der Waals surface area (Å²) in [6.07, 6.45) is -4.59. The van der Waals surface area contributed by atoms with E-state index in [0.717, 1.165) is 6.07 Å². The second kappa shape index (κ2) is 6.19. The van der Waals surface area contributed by atoms with Gasteiger partial charge in [-0.05, 0) is 24.3 Å². The topological polar surface area (TPSA) is 48.7 Å². The average Bonchev–Trinajstić information content (AvgIpc) is 2.99. The zero-order chi connectivity index (χ0) is 19.1. The van der Waals surface area contributed by atoms with Crippen molar-refractivity contribution in [1.29, 1.82) is 0 Å². The first-order chi connectivity index (χ1) is 12.1. The molecule has 0 aliphatic heterocycles. The van der Waals surface area contributed by atoms with Crippen LogP contribution in [0.5, 0.6) is 17.4 Å². The monoisotopic (exact) mass is 365 g/mol. The van der Waals surface area contributed by atoms with Crippen LogP contribution in [0.25, 0.3) is 5.65 Å². The van der Waals surface area contributed by atoms with Gasteiger partial charge in [0.25, 0.3) is 0 Å². The van der Waals surface area contributed by atoms with Crippen molar-refractivity contribution in [1.82, 2.24) is 14.6 Å². The number of nitrogens with zero attached hydrogens (tertiary/aromatic N) is 3. The molecule has 0 unspecified atom stereocenters. The first kappa shape index (κ1) is 18.0. The molecule has 0 N–H and O–H groups in total. The van der Waals surface area contributed by atoms with Gasteiger partial charge in [-0.3, -0.25) is 0 Å². The molecule has 0 atom stereocenters. The van der Waals surface area contributed by atoms with E-state index in [-0.39, 0.29) is 16.9 Å². The lowest BCUT2D eigenvalue weighted by atomic mass is 9.93. The van der Waals surface area contributed by atoms with Crippen LogP contribution in [0.15, 0.2) is 36.4 Å². The van der Waals surface area contributed by atoms with Crippen LogP contribution < -0.4 is 9.47 Å². The van der Waals surface area contributed by atoms with Crippen LogP contribution >= 0.6 is 0 Å². The lowest BCUT2D eigenvalue weighted by Crippen LogP contribution is -2.12. The van der Waals surface area contributed by atoms with Crippen molar-refractivity contribution in [2.24, 2.45) is 0 Å². The van der Waals surface area contributed by atoms with E-state index in [9.17, 15) is 13.2 Å². The molecular weight excluding hydrogens is 347 g/mol. The Kier molecular flexibility index (Phi) is 4.29. The first-order valence-corrected chi connectivity index (χ1v) is 7.88. The molecule has 0 amide bonds. The van der Waals surface area contributed by atoms with Crippen LogP contribution in [-0.2, 0) is 11.6 Å². The summed E-state index contributed by atoms with van der Waals surface area (Å²) >= 11 is 0. The molecule has 0 radical (unpaired) electrons. The van der Waals surface area contributed by atoms with Gasteiger partial charge in [-0.15, -0.1) is 0 Å². The quantitative estimate of drug-likeness (QED) is 0.666. The Morgan fingerprint density at radius 3 is 2.08 bits per heavy atom. The predicted octanol–water partition coefficient (Wildman–Crippen LogP) is 4.85. The highest BCUT2D eigenvalue weighted by Crippen LogP contribution is 2.33. The van der Waals surface area contributed by atoms with Crippen LogP contribution in [0.2, 0.25) is 0 Å². The molecule has 2 aromatic heterocycles. The predicted molar refractivity (Wildman–Crippen MR) is 89.8 cm³/mol. The summed E-state index contributed by atoms with van der Waals surface area (Å²) in [5, 5.41) is 4.37. The molecule has 3 aromatic rings. The molecule has 0 fully saturated rings. The van der Waals surface area contributed by atoms with E-state index in [1.54, 1.807) is 24.3 Å². The van der Waals surface area contributed by atoms with Gasteiger partial charge < -0.3 is 9.47 Å². The van der Waals surface area contributed by atoms with E-state index in [4.69, 9.17) is 9.47 Å². The lowest BCUT2D eigenvalue weighted by Gasteiger charge is -2.14. The van der Waals surface area contributed by atoms with Gasteiger partial charge in [-0.25, -0.2) is 4.98 Å². The van der Waals surface area contributed by atoms with Gasteiger partial charge in [-0.2, -0.15) is 22.8 Å². The van der Waals surface area contributed by atoms with Gasteiger partial charge in [0, 0.05) is 17.5 Å². The van der Waals surface area contributed by atoms with E-state index in [0.29, 0.717) is 17.2 Å². The number of hydrogen-bond donors (Lipinski definition) is 0. The number of aromatic nitrogens is 3. The molecule has 5 nitrogen and oxygen atoms in total. The van der Waals surface area contributed by atoms with Crippen molar-refractivity contribution < 1.29 is 22.6 Å². The summed E-state index contributed by atoms with van der Waals surface area (Å²) in [4.78, 5) is 3.69. The van der Waals surface area contributed by atoms with Crippen LogP contribution in [0.3, 0.4) is 0 Å². The normalized spacial score (nSPS) is 12.4. The third kappa shape index (κ3) is 3.58. The van der Waals surface area contributed by atoms with Crippen molar-refractivity contribution in [3.63, 3.8) is 0 Å². The zero-order valence-corrected chi connectivity index (χ0v) is 14.8. The maximum atomic E-state index is 13.2. The second-order valence-corrected chi connectivity index (χ2v) is 6.80. The zero-order valence-electron chi connectivity index (χ0n) is 14.8. The van der Waals surface area contributed by atoms with Gasteiger partial charge in [0.15, 0.2) is 11.3 Å². The Bertz CT molecular complexity index is 926. The molecule has 3 rings (SSSR count). The molecule has 0 spiro atoms. The Morgan fingerprint density at radius 2 is 1.54 bits per heavy atom. The molecule has 0 aliphatic carbocycles. The van der Waals surface area contributed by atoms with E-state index in [1.807, 2.05) is 20.8 Å². The van der Waals surface area contributed by atoms with E-state index >= 15 is 0 Å². The minimum atomic E-state index is -4.59. The standard InChI is InChI=1S/C18H18F3N3O2/c1-17(2,3)13-9-15-22-14(18(19,20)21)10-16(24(15)23-13)26-12-7-5-11(25-4)6-8-12/h5-10H,1-4H3. The number of ether oxygens (including phenoxy) is 2. The Morgan fingerprint density at radius 1 is 0.923 bits per heavy atom. The Balaban J connectivity index is 2.12. The van der Waals surface area contributed by atoms with Gasteiger partial charge in [-0.1, -0.05) is 20.8 Å². The Labute approximate surface area is 148 Å². The molecular formula is C18H18F3N3O2. The minimum absolute atomic E-state index is 0.0667. The fraction of sp³-hybridized carbons (Fsp3) is 0.333. The van der Waals surface area contributed by atoms with Crippen molar-refractivity contribution in [2.75, 3.05) is 7.11 Å². The number of methoxy groups -OCH3 is 1. The first-order valence-electron chi connectivity index (χ1n) is 7.88. The molecule has 0 saturated carbocycles. The van der Waals surface area contributed by atoms with Crippen LogP contribution in [-0.4, -0.2) is 21.7 Å². The molecule has 138 valence electrons. The van der Waals surface area contributed by atoms with Gasteiger partial charge in [0.1, 0.15) is 11.5 Å². The number of hydrogen-bond acceptors (Lipinski definition) is 4. The highest BCUT2D eigenvalue weighted by molar-refractivity contribution is 5.46. The van der Waals surface area contributed by atoms with Crippen molar-refractivity contribution in [3.8, 4) is 17.4 Å². The minimum Gasteiger partial charge on any atom is -0.497 e. The van der Waals surface area contributed by atoms with Gasteiger partial charge in [0.05, 0.1) is 12.8 Å². The van der Waals surface area contributed by atoms with E-state index in [2.05, 4.69) is 10.1 Å². The summed E-state index contributed by atoms with van der Waals surface area (Å²) in [6.45, 7) is 5.76. The van der Waals surface area contributed by atoms with Crippen molar-refractivity contribution >= 4 is 5.65 Å². The Hall–Kier alpha value is -2.77. The molecule has 0 saturated heterocycles. The maximum absolute atomic E-state index is 13.2. The SMILES string of the molecule is COc1ccc(Oc2cc(C(F)(F)F)nc3cc(C(C)(C)C)nn23)cc1. The fourth-order valence-corrected chi connectivity index (χ4v) is 2.30. The van der Waals surface area contributed by atoms with Crippen molar-refractivity contribution in [2.45, 2.75) is 32.4 Å². The summed E-state index contributed by atoms with van der Waals surface area (Å²) in [5.41, 5.74) is -0.685. The molecule has 26 heavy (non-hydrogen) atoms. The summed E-state index contributed by atoms with van der Waals surface area (Å²) in [7, 11) is 1.52. The smallest absolute Gasteiger partial charge is 0.433 e. The summed E-state index contributed by atoms with van der Waals surface area (Å²) < 4.78 is 51.6. The van der Waals surface area contributed by atoms with Gasteiger partial charge in [0.2, 0.25) is 5.88 Å². The second-order valence-electron chi connectivity index (χ2n) is 6.80. The van der Waals surface area contributed by atoms with Crippen LogP contribution in [0.1, 0.15) is 32.2 Å². The largest absolute Gasteiger partial charge is 0.497 e. The number of halogens is 3. The average molecular weight is 365 g/mol. The summed E-state index contributed by atoms with van der Waals surface area (Å²) in [5.74, 6) is 0.907. The third-order valence-electron chi connectivity index (χ3n) is 3.74. The molecule has 0 bridgehead atoms. The lowest BCUT2D eigenvalue weighted by molar-refractivity contribution is -0.141. The highest BCUT2D eigenvalue weighted by Gasteiger charge is 2.34. The van der Waals surface area contributed by atoms with Crippen LogP contribution in [0.4, 0.5) is 13.2 Å². The summed E-state index contributed by atoms with van der Waals surface area (Å²) in [6, 6.07) is 8.90. The molecule has 1 aromatic carbocycles. The van der Waals surface area contributed by atoms with E-state index in [1.165, 1.54) is 17.7 Å². The number of rotatable bonds is 3. The molecule has 0 aliphatic rings. The van der Waals surface area contributed by atoms with E-state index < -0.39 is 11.9 Å². The fourth-order valence-electron chi connectivity index (χ4n) is 2.30. The van der Waals surface area contributed by atoms with Crippen LogP contribution in [0, 0.1) is 0 Å².